The fourth-order valence-electron chi connectivity index (χ4n) is 0.958. The van der Waals surface area contributed by atoms with Gasteiger partial charge in [0.05, 0.1) is 6.20 Å². The summed E-state index contributed by atoms with van der Waals surface area (Å²) in [5, 5.41) is 0.861. The number of hydrogen-bond acceptors (Lipinski definition) is 0. The van der Waals surface area contributed by atoms with Crippen molar-refractivity contribution >= 4 is 10.9 Å². The molecule has 1 N–H and O–H groups in total. The first-order valence-electron chi connectivity index (χ1n) is 3.00. The van der Waals surface area contributed by atoms with E-state index in [1.165, 1.54) is 12.1 Å². The summed E-state index contributed by atoms with van der Waals surface area (Å²) in [6, 6.07) is 6.31. The Morgan fingerprint density at radius 2 is 2.30 bits per heavy atom. The highest BCUT2D eigenvalue weighted by Gasteiger charge is 1.93. The SMILES string of the molecule is Fc1ccc2[nH][c]cc2c1. The average Bonchev–Trinajstić information content (AvgIpc) is 2.33. The second-order valence-corrected chi connectivity index (χ2v) is 2.15. The van der Waals surface area contributed by atoms with Gasteiger partial charge in [-0.1, -0.05) is 0 Å². The van der Waals surface area contributed by atoms with Crippen molar-refractivity contribution in [3.63, 3.8) is 0 Å². The zero-order valence-electron chi connectivity index (χ0n) is 5.19. The summed E-state index contributed by atoms with van der Waals surface area (Å²) in [7, 11) is 0. The molecule has 10 heavy (non-hydrogen) atoms. The van der Waals surface area contributed by atoms with Crippen LogP contribution in [-0.2, 0) is 0 Å². The zero-order chi connectivity index (χ0) is 6.97. The van der Waals surface area contributed by atoms with Gasteiger partial charge in [-0.15, -0.1) is 0 Å². The van der Waals surface area contributed by atoms with E-state index in [0.717, 1.165) is 10.9 Å². The van der Waals surface area contributed by atoms with Gasteiger partial charge < -0.3 is 4.98 Å². The summed E-state index contributed by atoms with van der Waals surface area (Å²) in [6.45, 7) is 0. The number of rotatable bonds is 0. The Labute approximate surface area is 57.5 Å². The van der Waals surface area contributed by atoms with Crippen LogP contribution in [0.1, 0.15) is 0 Å². The second kappa shape index (κ2) is 1.84. The van der Waals surface area contributed by atoms with E-state index in [9.17, 15) is 4.39 Å². The van der Waals surface area contributed by atoms with Gasteiger partial charge in [-0.3, -0.25) is 0 Å². The summed E-state index contributed by atoms with van der Waals surface area (Å²) in [5.74, 6) is -0.208. The molecule has 1 aromatic carbocycles. The molecule has 0 saturated heterocycles. The van der Waals surface area contributed by atoms with Crippen molar-refractivity contribution in [2.75, 3.05) is 0 Å². The first-order valence-corrected chi connectivity index (χ1v) is 3.00. The molecule has 0 aliphatic carbocycles. The number of halogens is 1. The highest BCUT2D eigenvalue weighted by molar-refractivity contribution is 5.78. The van der Waals surface area contributed by atoms with Crippen molar-refractivity contribution in [1.29, 1.82) is 0 Å². The van der Waals surface area contributed by atoms with Crippen LogP contribution < -0.4 is 0 Å². The Hall–Kier alpha value is -1.31. The Kier molecular flexibility index (Phi) is 1.01. The summed E-state index contributed by atoms with van der Waals surface area (Å²) in [4.78, 5) is 2.86. The maximum Gasteiger partial charge on any atom is 0.123 e. The molecule has 1 aromatic heterocycles. The van der Waals surface area contributed by atoms with E-state index in [2.05, 4.69) is 11.2 Å². The highest BCUT2D eigenvalue weighted by Crippen LogP contribution is 2.11. The van der Waals surface area contributed by atoms with Crippen molar-refractivity contribution in [3.05, 3.63) is 36.3 Å². The fourth-order valence-corrected chi connectivity index (χ4v) is 0.958. The molecular formula is C8H5FN. The van der Waals surface area contributed by atoms with Crippen molar-refractivity contribution in [1.82, 2.24) is 4.98 Å². The Morgan fingerprint density at radius 3 is 3.20 bits per heavy atom. The largest absolute Gasteiger partial charge is 0.353 e. The molecule has 0 aliphatic heterocycles. The van der Waals surface area contributed by atoms with Crippen LogP contribution in [0.4, 0.5) is 4.39 Å². The van der Waals surface area contributed by atoms with Gasteiger partial charge in [-0.2, -0.15) is 0 Å². The molecule has 1 heterocycles. The predicted molar refractivity (Wildman–Crippen MR) is 37.1 cm³/mol. The molecule has 0 spiro atoms. The van der Waals surface area contributed by atoms with Gasteiger partial charge >= 0.3 is 0 Å². The molecule has 1 radical (unpaired) electrons. The van der Waals surface area contributed by atoms with Gasteiger partial charge in [-0.05, 0) is 24.3 Å². The van der Waals surface area contributed by atoms with E-state index >= 15 is 0 Å². The molecule has 0 saturated carbocycles. The molecular weight excluding hydrogens is 129 g/mol. The Morgan fingerprint density at radius 1 is 1.40 bits per heavy atom. The average molecular weight is 134 g/mol. The van der Waals surface area contributed by atoms with Crippen molar-refractivity contribution in [2.45, 2.75) is 0 Å². The van der Waals surface area contributed by atoms with Crippen LogP contribution in [0, 0.1) is 12.0 Å². The van der Waals surface area contributed by atoms with Gasteiger partial charge in [0.1, 0.15) is 5.82 Å². The van der Waals surface area contributed by atoms with Crippen LogP contribution >= 0.6 is 0 Å². The van der Waals surface area contributed by atoms with Crippen LogP contribution in [0.25, 0.3) is 10.9 Å². The van der Waals surface area contributed by atoms with Crippen LogP contribution in [0.3, 0.4) is 0 Å². The molecule has 1 nitrogen and oxygen atoms in total. The third-order valence-corrected chi connectivity index (χ3v) is 1.45. The Balaban J connectivity index is 2.86. The monoisotopic (exact) mass is 134 g/mol. The van der Waals surface area contributed by atoms with E-state index in [1.54, 1.807) is 12.1 Å². The van der Waals surface area contributed by atoms with Crippen molar-refractivity contribution < 1.29 is 4.39 Å². The van der Waals surface area contributed by atoms with Crippen LogP contribution in [-0.4, -0.2) is 4.98 Å². The minimum Gasteiger partial charge on any atom is -0.353 e. The number of H-pyrrole nitrogens is 1. The van der Waals surface area contributed by atoms with E-state index in [-0.39, 0.29) is 5.82 Å². The lowest BCUT2D eigenvalue weighted by atomic mass is 10.2. The third kappa shape index (κ3) is 0.692. The lowest BCUT2D eigenvalue weighted by Gasteiger charge is -1.87. The summed E-state index contributed by atoms with van der Waals surface area (Å²) >= 11 is 0. The molecule has 2 heteroatoms. The zero-order valence-corrected chi connectivity index (χ0v) is 5.19. The molecule has 2 aromatic rings. The number of aromatic nitrogens is 1. The number of nitrogens with one attached hydrogen (secondary N) is 1. The van der Waals surface area contributed by atoms with Gasteiger partial charge in [0, 0.05) is 10.9 Å². The van der Waals surface area contributed by atoms with Gasteiger partial charge in [-0.25, -0.2) is 4.39 Å². The standard InChI is InChI=1S/C8H5FN/c9-7-1-2-8-6(5-7)3-4-10-8/h1-3,5,10H. The topological polar surface area (TPSA) is 15.8 Å². The molecule has 0 atom stereocenters. The number of benzene rings is 1. The van der Waals surface area contributed by atoms with Gasteiger partial charge in [0.2, 0.25) is 0 Å². The molecule has 2 rings (SSSR count). The van der Waals surface area contributed by atoms with E-state index in [0.29, 0.717) is 0 Å². The normalized spacial score (nSPS) is 10.5. The van der Waals surface area contributed by atoms with E-state index < -0.39 is 0 Å². The summed E-state index contributed by atoms with van der Waals surface area (Å²) in [6.07, 6.45) is 2.77. The number of aromatic amines is 1. The fraction of sp³-hybridized carbons (Fsp3) is 0. The first kappa shape index (κ1) is 5.47. The first-order chi connectivity index (χ1) is 4.86. The highest BCUT2D eigenvalue weighted by atomic mass is 19.1. The number of hydrogen-bond donors (Lipinski definition) is 1. The lowest BCUT2D eigenvalue weighted by molar-refractivity contribution is 0.630. The molecule has 0 fully saturated rings. The van der Waals surface area contributed by atoms with Crippen LogP contribution in [0.2, 0.25) is 0 Å². The number of fused-ring (bicyclic) bond motifs is 1. The lowest BCUT2D eigenvalue weighted by Crippen LogP contribution is -1.70. The van der Waals surface area contributed by atoms with Crippen LogP contribution in [0.15, 0.2) is 24.3 Å². The molecule has 0 aliphatic rings. The van der Waals surface area contributed by atoms with Crippen LogP contribution in [0.5, 0.6) is 0 Å². The second-order valence-electron chi connectivity index (χ2n) is 2.15. The minimum absolute atomic E-state index is 0.208. The quantitative estimate of drug-likeness (QED) is 0.568. The smallest absolute Gasteiger partial charge is 0.123 e. The maximum absolute atomic E-state index is 12.5. The van der Waals surface area contributed by atoms with E-state index in [4.69, 9.17) is 0 Å². The van der Waals surface area contributed by atoms with Gasteiger partial charge in [0.25, 0.3) is 0 Å². The molecule has 49 valence electrons. The minimum atomic E-state index is -0.208. The van der Waals surface area contributed by atoms with E-state index in [1.807, 2.05) is 0 Å². The molecule has 0 bridgehead atoms. The van der Waals surface area contributed by atoms with Crippen molar-refractivity contribution in [3.8, 4) is 0 Å². The third-order valence-electron chi connectivity index (χ3n) is 1.45. The summed E-state index contributed by atoms with van der Waals surface area (Å²) < 4.78 is 12.5. The predicted octanol–water partition coefficient (Wildman–Crippen LogP) is 2.11. The Bertz CT molecular complexity index is 351. The summed E-state index contributed by atoms with van der Waals surface area (Å²) in [5.41, 5.74) is 0.918. The van der Waals surface area contributed by atoms with Crippen molar-refractivity contribution in [2.24, 2.45) is 0 Å². The van der Waals surface area contributed by atoms with Gasteiger partial charge in [0.15, 0.2) is 0 Å². The maximum atomic E-state index is 12.5. The molecule has 0 unspecified atom stereocenters. The molecule has 0 amide bonds.